The predicted molar refractivity (Wildman–Crippen MR) is 98.9 cm³/mol. The molecule has 0 radical (unpaired) electrons. The Kier molecular flexibility index (Phi) is 5.75. The molecule has 1 aliphatic heterocycles. The summed E-state index contributed by atoms with van der Waals surface area (Å²) in [5.41, 5.74) is 1.25. The molecule has 3 rings (SSSR count). The van der Waals surface area contributed by atoms with Gasteiger partial charge in [0, 0.05) is 22.8 Å². The summed E-state index contributed by atoms with van der Waals surface area (Å²) in [6.45, 7) is 0.618. The fourth-order valence-corrected chi connectivity index (χ4v) is 2.88. The van der Waals surface area contributed by atoms with Gasteiger partial charge in [-0.1, -0.05) is 17.7 Å². The largest absolute Gasteiger partial charge is 0.497 e. The van der Waals surface area contributed by atoms with Crippen LogP contribution in [0.15, 0.2) is 48.5 Å². The van der Waals surface area contributed by atoms with E-state index in [2.05, 4.69) is 5.32 Å². The lowest BCUT2D eigenvalue weighted by Crippen LogP contribution is -2.50. The number of nitrogens with one attached hydrogen (secondary N) is 1. The number of ether oxygens (including phenoxy) is 2. The van der Waals surface area contributed by atoms with E-state index in [4.69, 9.17) is 21.1 Å². The molecule has 7 heteroatoms. The maximum atomic E-state index is 12.2. The smallest absolute Gasteiger partial charge is 0.253 e. The number of hydrogen-bond donors (Lipinski definition) is 1. The van der Waals surface area contributed by atoms with Crippen LogP contribution < -0.4 is 15.0 Å². The van der Waals surface area contributed by atoms with E-state index in [1.54, 1.807) is 54.5 Å². The SMILES string of the molecule is COc1ccc(C(=O)NCC2CN(c3cccc(Cl)c3)C(=O)CO2)cc1. The van der Waals surface area contributed by atoms with Crippen molar-refractivity contribution in [2.45, 2.75) is 6.10 Å². The zero-order valence-corrected chi connectivity index (χ0v) is 15.0. The first-order chi connectivity index (χ1) is 12.6. The van der Waals surface area contributed by atoms with Gasteiger partial charge in [0.15, 0.2) is 0 Å². The second-order valence-electron chi connectivity index (χ2n) is 5.86. The predicted octanol–water partition coefficient (Wildman–Crippen LogP) is 2.51. The summed E-state index contributed by atoms with van der Waals surface area (Å²) in [6, 6.07) is 13.9. The van der Waals surface area contributed by atoms with Gasteiger partial charge in [-0.2, -0.15) is 0 Å². The molecule has 1 N–H and O–H groups in total. The summed E-state index contributed by atoms with van der Waals surface area (Å²) in [5, 5.41) is 3.40. The Bertz CT molecular complexity index is 794. The Morgan fingerprint density at radius 2 is 2.08 bits per heavy atom. The number of anilines is 1. The number of halogens is 1. The quantitative estimate of drug-likeness (QED) is 0.873. The number of benzene rings is 2. The monoisotopic (exact) mass is 374 g/mol. The van der Waals surface area contributed by atoms with Crippen LogP contribution in [0.2, 0.25) is 5.02 Å². The van der Waals surface area contributed by atoms with Crippen molar-refractivity contribution in [1.29, 1.82) is 0 Å². The van der Waals surface area contributed by atoms with Crippen molar-refractivity contribution < 1.29 is 19.1 Å². The molecule has 1 atom stereocenters. The second-order valence-corrected chi connectivity index (χ2v) is 6.29. The van der Waals surface area contributed by atoms with Gasteiger partial charge in [0.1, 0.15) is 12.4 Å². The molecule has 136 valence electrons. The van der Waals surface area contributed by atoms with E-state index in [1.165, 1.54) is 0 Å². The third-order valence-corrected chi connectivity index (χ3v) is 4.33. The number of methoxy groups -OCH3 is 1. The Labute approximate surface area is 156 Å². The molecule has 2 aromatic carbocycles. The van der Waals surface area contributed by atoms with E-state index in [0.717, 1.165) is 5.69 Å². The maximum absolute atomic E-state index is 12.2. The van der Waals surface area contributed by atoms with Gasteiger partial charge in [0.2, 0.25) is 0 Å². The third-order valence-electron chi connectivity index (χ3n) is 4.09. The molecule has 1 saturated heterocycles. The minimum absolute atomic E-state index is 0.0322. The van der Waals surface area contributed by atoms with Crippen LogP contribution in [0.5, 0.6) is 5.75 Å². The Balaban J connectivity index is 1.59. The molecule has 0 bridgehead atoms. The van der Waals surface area contributed by atoms with Crippen molar-refractivity contribution in [3.8, 4) is 5.75 Å². The van der Waals surface area contributed by atoms with Crippen LogP contribution in [0, 0.1) is 0 Å². The van der Waals surface area contributed by atoms with Crippen LogP contribution in [0.4, 0.5) is 5.69 Å². The summed E-state index contributed by atoms with van der Waals surface area (Å²) < 4.78 is 10.6. The highest BCUT2D eigenvalue weighted by Gasteiger charge is 2.27. The van der Waals surface area contributed by atoms with Gasteiger partial charge in [-0.3, -0.25) is 9.59 Å². The van der Waals surface area contributed by atoms with Crippen LogP contribution in [-0.4, -0.2) is 44.7 Å². The molecule has 1 heterocycles. The van der Waals surface area contributed by atoms with Crippen LogP contribution >= 0.6 is 11.6 Å². The number of carbonyl (C=O) groups excluding carboxylic acids is 2. The Hall–Kier alpha value is -2.57. The van der Waals surface area contributed by atoms with E-state index in [1.807, 2.05) is 6.07 Å². The zero-order chi connectivity index (χ0) is 18.5. The minimum Gasteiger partial charge on any atom is -0.497 e. The lowest BCUT2D eigenvalue weighted by Gasteiger charge is -2.33. The normalized spacial score (nSPS) is 17.1. The molecule has 1 aliphatic rings. The van der Waals surface area contributed by atoms with Crippen LogP contribution in [0.1, 0.15) is 10.4 Å². The number of amides is 2. The summed E-state index contributed by atoms with van der Waals surface area (Å²) in [4.78, 5) is 26.0. The number of carbonyl (C=O) groups is 2. The first-order valence-electron chi connectivity index (χ1n) is 8.16. The molecule has 1 unspecified atom stereocenters. The highest BCUT2D eigenvalue weighted by molar-refractivity contribution is 6.30. The molecule has 26 heavy (non-hydrogen) atoms. The Morgan fingerprint density at radius 1 is 1.31 bits per heavy atom. The summed E-state index contributed by atoms with van der Waals surface area (Å²) in [6.07, 6.45) is -0.297. The molecular formula is C19H19ClN2O4. The molecule has 0 spiro atoms. The fraction of sp³-hybridized carbons (Fsp3) is 0.263. The first kappa shape index (κ1) is 18.2. The third kappa shape index (κ3) is 4.33. The van der Waals surface area contributed by atoms with Crippen LogP contribution in [0.3, 0.4) is 0 Å². The minimum atomic E-state index is -0.297. The van der Waals surface area contributed by atoms with Gasteiger partial charge in [-0.05, 0) is 42.5 Å². The number of hydrogen-bond acceptors (Lipinski definition) is 4. The molecule has 2 amide bonds. The zero-order valence-electron chi connectivity index (χ0n) is 14.3. The van der Waals surface area contributed by atoms with E-state index >= 15 is 0 Å². The maximum Gasteiger partial charge on any atom is 0.253 e. The average Bonchev–Trinajstić information content (AvgIpc) is 2.67. The average molecular weight is 375 g/mol. The van der Waals surface area contributed by atoms with Crippen LogP contribution in [-0.2, 0) is 9.53 Å². The summed E-state index contributed by atoms with van der Waals surface area (Å²) >= 11 is 6.01. The van der Waals surface area contributed by atoms with Crippen molar-refractivity contribution >= 4 is 29.1 Å². The van der Waals surface area contributed by atoms with Gasteiger partial charge in [0.25, 0.3) is 11.8 Å². The van der Waals surface area contributed by atoms with Crippen molar-refractivity contribution in [2.75, 3.05) is 31.7 Å². The van der Waals surface area contributed by atoms with Crippen molar-refractivity contribution in [3.05, 3.63) is 59.1 Å². The highest BCUT2D eigenvalue weighted by atomic mass is 35.5. The topological polar surface area (TPSA) is 67.9 Å². The number of nitrogens with zero attached hydrogens (tertiary/aromatic N) is 1. The van der Waals surface area contributed by atoms with E-state index < -0.39 is 0 Å². The summed E-state index contributed by atoms with van der Waals surface area (Å²) in [5.74, 6) is 0.347. The van der Waals surface area contributed by atoms with Crippen molar-refractivity contribution in [3.63, 3.8) is 0 Å². The lowest BCUT2D eigenvalue weighted by molar-refractivity contribution is -0.129. The number of rotatable bonds is 5. The van der Waals surface area contributed by atoms with Gasteiger partial charge >= 0.3 is 0 Å². The number of morpholine rings is 1. The standard InChI is InChI=1S/C19H19ClN2O4/c1-25-16-7-5-13(6-8-16)19(24)21-10-17-11-22(18(23)12-26-17)15-4-2-3-14(20)9-15/h2-9,17H,10-12H2,1H3,(H,21,24). The van der Waals surface area contributed by atoms with Gasteiger partial charge in [-0.15, -0.1) is 0 Å². The van der Waals surface area contributed by atoms with E-state index in [0.29, 0.717) is 29.4 Å². The lowest BCUT2D eigenvalue weighted by atomic mass is 10.2. The second kappa shape index (κ2) is 8.21. The molecule has 0 aromatic heterocycles. The van der Waals surface area contributed by atoms with Crippen molar-refractivity contribution in [1.82, 2.24) is 5.32 Å². The van der Waals surface area contributed by atoms with Gasteiger partial charge in [-0.25, -0.2) is 0 Å². The van der Waals surface area contributed by atoms with Gasteiger partial charge in [0.05, 0.1) is 19.8 Å². The van der Waals surface area contributed by atoms with E-state index in [-0.39, 0.29) is 24.5 Å². The Morgan fingerprint density at radius 3 is 2.77 bits per heavy atom. The first-order valence-corrected chi connectivity index (χ1v) is 8.54. The van der Waals surface area contributed by atoms with E-state index in [9.17, 15) is 9.59 Å². The molecule has 6 nitrogen and oxygen atoms in total. The van der Waals surface area contributed by atoms with Gasteiger partial charge < -0.3 is 19.7 Å². The van der Waals surface area contributed by atoms with Crippen LogP contribution in [0.25, 0.3) is 0 Å². The molecule has 0 aliphatic carbocycles. The fourth-order valence-electron chi connectivity index (χ4n) is 2.69. The summed E-state index contributed by atoms with van der Waals surface area (Å²) in [7, 11) is 1.57. The molecule has 1 fully saturated rings. The molecule has 0 saturated carbocycles. The highest BCUT2D eigenvalue weighted by Crippen LogP contribution is 2.22. The molecular weight excluding hydrogens is 356 g/mol. The van der Waals surface area contributed by atoms with Crippen molar-refractivity contribution in [2.24, 2.45) is 0 Å². The molecule has 2 aromatic rings.